The number of fused-ring (bicyclic) bond motifs is 3. The van der Waals surface area contributed by atoms with Gasteiger partial charge in [0.2, 0.25) is 0 Å². The fraction of sp³-hybridized carbons (Fsp3) is 0.268. The average Bonchev–Trinajstić information content (AvgIpc) is 3.35. The van der Waals surface area contributed by atoms with E-state index >= 15 is 0 Å². The molecule has 0 fully saturated rings. The lowest BCUT2D eigenvalue weighted by molar-refractivity contribution is -0.132. The Kier molecular flexibility index (Phi) is 8.69. The van der Waals surface area contributed by atoms with Crippen molar-refractivity contribution in [3.8, 4) is 22.6 Å². The molecule has 0 unspecified atom stereocenters. The molecule has 4 aromatic rings. The summed E-state index contributed by atoms with van der Waals surface area (Å²) in [6, 6.07) is 26.1. The molecule has 46 heavy (non-hydrogen) atoms. The Bertz CT molecular complexity index is 1840. The number of hydrogen-bond acceptors (Lipinski definition) is 3. The van der Waals surface area contributed by atoms with Gasteiger partial charge in [0.1, 0.15) is 11.5 Å². The minimum atomic E-state index is -1.29. The Hall–Kier alpha value is -5.08. The number of carboxylic acid groups (broad SMARTS) is 1. The molecule has 0 heterocycles. The maximum Gasteiger partial charge on any atom is 0.333 e. The third-order valence-corrected chi connectivity index (χ3v) is 8.69. The first-order chi connectivity index (χ1) is 21.7. The summed E-state index contributed by atoms with van der Waals surface area (Å²) in [7, 11) is 3.07. The zero-order chi connectivity index (χ0) is 33.4. The van der Waals surface area contributed by atoms with E-state index in [9.17, 15) is 9.90 Å². The van der Waals surface area contributed by atoms with Gasteiger partial charge in [-0.3, -0.25) is 4.79 Å². The summed E-state index contributed by atoms with van der Waals surface area (Å²) in [5, 5.41) is 9.29. The van der Waals surface area contributed by atoms with E-state index in [1.165, 1.54) is 52.1 Å². The topological polar surface area (TPSA) is 60.1 Å². The maximum atomic E-state index is 11.4. The molecule has 0 aromatic heterocycles. The first-order valence-electron chi connectivity index (χ1n) is 15.4. The van der Waals surface area contributed by atoms with Crippen LogP contribution in [0, 0.1) is 6.57 Å². The van der Waals surface area contributed by atoms with Crippen molar-refractivity contribution in [1.82, 2.24) is 0 Å². The Morgan fingerprint density at radius 3 is 1.70 bits per heavy atom. The van der Waals surface area contributed by atoms with Crippen LogP contribution in [0.5, 0.6) is 11.5 Å². The smallest absolute Gasteiger partial charge is 0.333 e. The van der Waals surface area contributed by atoms with Gasteiger partial charge in [0.05, 0.1) is 20.8 Å². The van der Waals surface area contributed by atoms with Gasteiger partial charge < -0.3 is 14.6 Å². The molecule has 4 aromatic carbocycles. The van der Waals surface area contributed by atoms with Crippen LogP contribution in [0.3, 0.4) is 0 Å². The highest BCUT2D eigenvalue weighted by atomic mass is 16.5. The second kappa shape index (κ2) is 12.4. The van der Waals surface area contributed by atoms with E-state index in [-0.39, 0.29) is 16.7 Å². The van der Waals surface area contributed by atoms with Gasteiger partial charge in [-0.2, -0.15) is 0 Å². The van der Waals surface area contributed by atoms with Gasteiger partial charge in [-0.1, -0.05) is 114 Å². The van der Waals surface area contributed by atoms with Crippen LogP contribution in [0.2, 0.25) is 0 Å². The Labute approximate surface area is 272 Å². The van der Waals surface area contributed by atoms with Crippen molar-refractivity contribution in [2.45, 2.75) is 58.3 Å². The molecule has 0 saturated carbocycles. The summed E-state index contributed by atoms with van der Waals surface area (Å²) in [6.07, 6.45) is 5.25. The molecular formula is C41H41NO4. The van der Waals surface area contributed by atoms with Crippen LogP contribution >= 0.6 is 0 Å². The summed E-state index contributed by atoms with van der Waals surface area (Å²) < 4.78 is 11.1. The number of carboxylic acids is 1. The highest BCUT2D eigenvalue weighted by Crippen LogP contribution is 2.50. The van der Waals surface area contributed by atoms with Crippen molar-refractivity contribution in [3.05, 3.63) is 134 Å². The Balaban J connectivity index is 1.50. The van der Waals surface area contributed by atoms with E-state index < -0.39 is 11.7 Å². The van der Waals surface area contributed by atoms with Gasteiger partial charge in [0.15, 0.2) is 0 Å². The summed E-state index contributed by atoms with van der Waals surface area (Å²) in [5.74, 6) is -0.154. The second-order valence-corrected chi connectivity index (χ2v) is 13.8. The second-order valence-electron chi connectivity index (χ2n) is 13.8. The van der Waals surface area contributed by atoms with Gasteiger partial charge in [0, 0.05) is 17.0 Å². The highest BCUT2D eigenvalue weighted by Gasteiger charge is 2.32. The number of carbonyl (C=O) groups is 1. The van der Waals surface area contributed by atoms with Crippen molar-refractivity contribution in [3.63, 3.8) is 0 Å². The van der Waals surface area contributed by atoms with Crippen LogP contribution in [-0.4, -0.2) is 25.3 Å². The molecule has 1 N–H and O–H groups in total. The molecule has 1 aliphatic rings. The molecule has 234 valence electrons. The first kappa shape index (κ1) is 32.3. The largest absolute Gasteiger partial charge is 0.496 e. The van der Waals surface area contributed by atoms with Gasteiger partial charge in [0.25, 0.3) is 5.70 Å². The van der Waals surface area contributed by atoms with E-state index in [0.717, 1.165) is 11.1 Å². The third kappa shape index (κ3) is 6.34. The van der Waals surface area contributed by atoms with Crippen LogP contribution < -0.4 is 9.47 Å². The van der Waals surface area contributed by atoms with Crippen LogP contribution in [0.15, 0.2) is 78.5 Å². The fourth-order valence-corrected chi connectivity index (χ4v) is 6.00. The Morgan fingerprint density at radius 2 is 1.24 bits per heavy atom. The normalized spacial score (nSPS) is 13.3. The van der Waals surface area contributed by atoms with Crippen molar-refractivity contribution >= 4 is 24.2 Å². The van der Waals surface area contributed by atoms with Crippen LogP contribution in [-0.2, 0) is 15.6 Å². The molecular weight excluding hydrogens is 570 g/mol. The fourth-order valence-electron chi connectivity index (χ4n) is 6.00. The number of rotatable bonds is 7. The molecule has 0 saturated heterocycles. The quantitative estimate of drug-likeness (QED) is 0.113. The van der Waals surface area contributed by atoms with Gasteiger partial charge in [-0.25, -0.2) is 4.85 Å². The predicted octanol–water partition coefficient (Wildman–Crippen LogP) is 9.97. The van der Waals surface area contributed by atoms with Crippen molar-refractivity contribution in [1.29, 1.82) is 0 Å². The van der Waals surface area contributed by atoms with Crippen LogP contribution in [0.25, 0.3) is 34.2 Å². The minimum absolute atomic E-state index is 0.0613. The maximum absolute atomic E-state index is 11.4. The molecule has 0 amide bonds. The zero-order valence-electron chi connectivity index (χ0n) is 27.9. The van der Waals surface area contributed by atoms with E-state index in [0.29, 0.717) is 17.1 Å². The first-order valence-corrected chi connectivity index (χ1v) is 15.4. The van der Waals surface area contributed by atoms with E-state index in [1.807, 2.05) is 12.2 Å². The summed E-state index contributed by atoms with van der Waals surface area (Å²) in [4.78, 5) is 14.5. The average molecular weight is 612 g/mol. The Morgan fingerprint density at radius 1 is 0.739 bits per heavy atom. The summed E-state index contributed by atoms with van der Waals surface area (Å²) >= 11 is 0. The number of ether oxygens (including phenoxy) is 2. The lowest BCUT2D eigenvalue weighted by atomic mass is 9.83. The van der Waals surface area contributed by atoms with Gasteiger partial charge in [-0.15, -0.1) is 0 Å². The van der Waals surface area contributed by atoms with E-state index in [1.54, 1.807) is 19.2 Å². The van der Waals surface area contributed by atoms with Crippen molar-refractivity contribution < 1.29 is 19.4 Å². The van der Waals surface area contributed by atoms with Crippen LogP contribution in [0.1, 0.15) is 92.0 Å². The lowest BCUT2D eigenvalue weighted by Gasteiger charge is -2.21. The molecule has 0 atom stereocenters. The molecule has 0 aliphatic heterocycles. The number of methoxy groups -OCH3 is 2. The van der Waals surface area contributed by atoms with Crippen molar-refractivity contribution in [2.75, 3.05) is 14.2 Å². The monoisotopic (exact) mass is 611 g/mol. The highest BCUT2D eigenvalue weighted by molar-refractivity contribution is 5.95. The predicted molar refractivity (Wildman–Crippen MR) is 187 cm³/mol. The number of benzene rings is 4. The molecule has 0 bridgehead atoms. The number of aliphatic carboxylic acids is 1. The number of hydrogen-bond donors (Lipinski definition) is 1. The molecule has 5 heteroatoms. The molecule has 0 spiro atoms. The number of nitrogens with zero attached hydrogens (tertiary/aromatic N) is 1. The summed E-state index contributed by atoms with van der Waals surface area (Å²) in [6.45, 7) is 20.8. The molecule has 5 rings (SSSR count). The van der Waals surface area contributed by atoms with Crippen LogP contribution in [0.4, 0.5) is 0 Å². The molecule has 5 nitrogen and oxygen atoms in total. The molecule has 0 radical (unpaired) electrons. The third-order valence-electron chi connectivity index (χ3n) is 8.69. The molecule has 1 aliphatic carbocycles. The van der Waals surface area contributed by atoms with Crippen molar-refractivity contribution in [2.24, 2.45) is 0 Å². The van der Waals surface area contributed by atoms with Gasteiger partial charge in [-0.05, 0) is 73.5 Å². The van der Waals surface area contributed by atoms with E-state index in [4.69, 9.17) is 16.0 Å². The van der Waals surface area contributed by atoms with Gasteiger partial charge >= 0.3 is 5.97 Å². The zero-order valence-corrected chi connectivity index (χ0v) is 27.9. The van der Waals surface area contributed by atoms with E-state index in [2.05, 4.69) is 107 Å². The standard InChI is InChI=1S/C41H41NO4/c1-40(2,3)29-16-18-31-33(23-29)34-24-30(41(4,5)6)17-19-32(34)38(31)26-13-10-25(11-14-26)12-15-27-21-37(46-9)28(22-36(27)45-8)20-35(42-7)39(43)44/h10-24,38H,1-6,8-9H3,(H,43,44)/b15-12+,35-20-. The SMILES string of the molecule is [C-]#[N+]/C(=C\c1cc(OC)c(/C=C/c2ccc(C3c4ccc(C(C)(C)C)cc4-c4cc(C(C)(C)C)ccc43)cc2)cc1OC)C(=O)O. The lowest BCUT2D eigenvalue weighted by Crippen LogP contribution is -2.11. The summed E-state index contributed by atoms with van der Waals surface area (Å²) in [5.41, 5.74) is 11.2. The minimum Gasteiger partial charge on any atom is -0.496 e.